The average Bonchev–Trinajstić information content (AvgIpc) is 3.31. The molecule has 0 bridgehead atoms. The van der Waals surface area contributed by atoms with Crippen LogP contribution in [0.2, 0.25) is 0 Å². The van der Waals surface area contributed by atoms with Gasteiger partial charge in [0.25, 0.3) is 5.91 Å². The van der Waals surface area contributed by atoms with Crippen LogP contribution in [0.1, 0.15) is 24.2 Å². The lowest BCUT2D eigenvalue weighted by molar-refractivity contribution is 0.0782. The number of hydrogen-bond donors (Lipinski definition) is 1. The molecule has 8 heteroatoms. The van der Waals surface area contributed by atoms with Crippen LogP contribution in [0.25, 0.3) is 5.69 Å². The maximum absolute atomic E-state index is 12.9. The Morgan fingerprint density at radius 2 is 1.74 bits per heavy atom. The van der Waals surface area contributed by atoms with Crippen molar-refractivity contribution in [3.63, 3.8) is 0 Å². The lowest BCUT2D eigenvalue weighted by atomic mass is 9.91. The number of carbonyl (C=O) groups excluding carboxylic acids is 2. The smallest absolute Gasteiger partial charge is 0.317 e. The van der Waals surface area contributed by atoms with E-state index in [1.165, 1.54) is 4.90 Å². The quantitative estimate of drug-likeness (QED) is 0.887. The maximum atomic E-state index is 12.9. The third-order valence-corrected chi connectivity index (χ3v) is 5.05. The molecule has 2 unspecified atom stereocenters. The van der Waals surface area contributed by atoms with E-state index in [0.717, 1.165) is 5.69 Å². The fourth-order valence-electron chi connectivity index (χ4n) is 3.40. The van der Waals surface area contributed by atoms with E-state index in [9.17, 15) is 9.59 Å². The highest BCUT2D eigenvalue weighted by atomic mass is 16.2. The van der Waals surface area contributed by atoms with E-state index in [2.05, 4.69) is 29.4 Å². The van der Waals surface area contributed by atoms with E-state index in [4.69, 9.17) is 0 Å². The molecular formula is C19H26N6O2. The highest BCUT2D eigenvalue weighted by molar-refractivity contribution is 5.94. The van der Waals surface area contributed by atoms with Gasteiger partial charge >= 0.3 is 6.03 Å². The number of nitrogens with zero attached hydrogens (tertiary/aromatic N) is 5. The first-order chi connectivity index (χ1) is 12.9. The number of nitrogens with one attached hydrogen (secondary N) is 1. The van der Waals surface area contributed by atoms with Gasteiger partial charge in [-0.1, -0.05) is 13.8 Å². The van der Waals surface area contributed by atoms with Crippen molar-refractivity contribution in [3.05, 3.63) is 42.5 Å². The molecule has 0 aliphatic carbocycles. The average molecular weight is 370 g/mol. The summed E-state index contributed by atoms with van der Waals surface area (Å²) in [4.78, 5) is 28.4. The zero-order chi connectivity index (χ0) is 19.6. The minimum atomic E-state index is -0.127. The molecule has 2 aromatic rings. The number of amides is 3. The molecule has 1 aromatic carbocycles. The van der Waals surface area contributed by atoms with Gasteiger partial charge in [-0.25, -0.2) is 4.79 Å². The highest BCUT2D eigenvalue weighted by Gasteiger charge is 2.38. The Morgan fingerprint density at radius 1 is 1.11 bits per heavy atom. The first kappa shape index (κ1) is 18.9. The molecule has 1 aromatic heterocycles. The summed E-state index contributed by atoms with van der Waals surface area (Å²) in [7, 11) is 3.43. The molecule has 2 heterocycles. The van der Waals surface area contributed by atoms with Gasteiger partial charge in [0.1, 0.15) is 12.7 Å². The molecule has 0 saturated carbocycles. The molecule has 1 N–H and O–H groups in total. The summed E-state index contributed by atoms with van der Waals surface area (Å²) in [6.07, 6.45) is 3.23. The Labute approximate surface area is 159 Å². The van der Waals surface area contributed by atoms with Gasteiger partial charge in [-0.2, -0.15) is 0 Å². The monoisotopic (exact) mass is 370 g/mol. The molecule has 3 amide bonds. The second kappa shape index (κ2) is 7.77. The fraction of sp³-hybridized carbons (Fsp3) is 0.474. The predicted molar refractivity (Wildman–Crippen MR) is 102 cm³/mol. The van der Waals surface area contributed by atoms with Crippen LogP contribution >= 0.6 is 0 Å². The molecule has 8 nitrogen and oxygen atoms in total. The Kier molecular flexibility index (Phi) is 5.43. The van der Waals surface area contributed by atoms with Gasteiger partial charge < -0.3 is 15.1 Å². The Hall–Kier alpha value is -2.90. The number of benzene rings is 1. The summed E-state index contributed by atoms with van der Waals surface area (Å²) in [5.74, 6) is 0.582. The zero-order valence-electron chi connectivity index (χ0n) is 16.2. The van der Waals surface area contributed by atoms with Gasteiger partial charge in [-0.05, 0) is 30.2 Å². The molecule has 144 valence electrons. The summed E-state index contributed by atoms with van der Waals surface area (Å²) >= 11 is 0. The third kappa shape index (κ3) is 4.10. The summed E-state index contributed by atoms with van der Waals surface area (Å²) in [6.45, 7) is 5.42. The van der Waals surface area contributed by atoms with Gasteiger partial charge in [0, 0.05) is 44.4 Å². The molecular weight excluding hydrogens is 344 g/mol. The Balaban J connectivity index is 1.71. The van der Waals surface area contributed by atoms with Gasteiger partial charge in [0.05, 0.1) is 6.04 Å². The number of aromatic nitrogens is 3. The van der Waals surface area contributed by atoms with E-state index in [0.29, 0.717) is 24.6 Å². The van der Waals surface area contributed by atoms with E-state index in [-0.39, 0.29) is 23.9 Å². The van der Waals surface area contributed by atoms with Crippen LogP contribution in [0.3, 0.4) is 0 Å². The van der Waals surface area contributed by atoms with Crippen LogP contribution in [0.4, 0.5) is 4.79 Å². The minimum Gasteiger partial charge on any atom is -0.336 e. The molecule has 1 fully saturated rings. The fourth-order valence-corrected chi connectivity index (χ4v) is 3.40. The summed E-state index contributed by atoms with van der Waals surface area (Å²) < 4.78 is 1.78. The SMILES string of the molecule is CC(C)C1CN(C(=O)c2ccc(-n3cnnc3)cc2)CC1NC(=O)N(C)C. The molecule has 0 radical (unpaired) electrons. The molecule has 1 saturated heterocycles. The molecule has 2 atom stereocenters. The van der Waals surface area contributed by atoms with Crippen molar-refractivity contribution >= 4 is 11.9 Å². The van der Waals surface area contributed by atoms with E-state index in [1.54, 1.807) is 31.3 Å². The second-order valence-electron chi connectivity index (χ2n) is 7.48. The first-order valence-electron chi connectivity index (χ1n) is 9.09. The zero-order valence-corrected chi connectivity index (χ0v) is 16.2. The van der Waals surface area contributed by atoms with Crippen molar-refractivity contribution in [1.82, 2.24) is 29.9 Å². The van der Waals surface area contributed by atoms with Crippen LogP contribution in [0, 0.1) is 11.8 Å². The van der Waals surface area contributed by atoms with Crippen LogP contribution in [-0.4, -0.2) is 69.7 Å². The molecule has 1 aliphatic heterocycles. The van der Waals surface area contributed by atoms with E-state index >= 15 is 0 Å². The normalized spacial score (nSPS) is 19.4. The summed E-state index contributed by atoms with van der Waals surface area (Å²) in [5, 5.41) is 10.6. The second-order valence-corrected chi connectivity index (χ2v) is 7.48. The van der Waals surface area contributed by atoms with Crippen LogP contribution in [-0.2, 0) is 0 Å². The number of carbonyl (C=O) groups is 2. The van der Waals surface area contributed by atoms with Gasteiger partial charge in [0.15, 0.2) is 0 Å². The molecule has 0 spiro atoms. The summed E-state index contributed by atoms with van der Waals surface area (Å²) in [6, 6.07) is 7.20. The standard InChI is InChI=1S/C19H26N6O2/c1-13(2)16-9-24(10-17(16)22-19(27)23(3)4)18(26)14-5-7-15(8-6-14)25-11-20-21-12-25/h5-8,11-13,16-17H,9-10H2,1-4H3,(H,22,27). The number of hydrogen-bond acceptors (Lipinski definition) is 4. The van der Waals surface area contributed by atoms with E-state index < -0.39 is 0 Å². The van der Waals surface area contributed by atoms with Crippen LogP contribution < -0.4 is 5.32 Å². The predicted octanol–water partition coefficient (Wildman–Crippen LogP) is 1.64. The summed E-state index contributed by atoms with van der Waals surface area (Å²) in [5.41, 5.74) is 1.53. The van der Waals surface area contributed by atoms with Crippen molar-refractivity contribution in [2.45, 2.75) is 19.9 Å². The third-order valence-electron chi connectivity index (χ3n) is 5.05. The highest BCUT2D eigenvalue weighted by Crippen LogP contribution is 2.26. The number of urea groups is 1. The lowest BCUT2D eigenvalue weighted by Crippen LogP contribution is -2.46. The van der Waals surface area contributed by atoms with Crippen molar-refractivity contribution < 1.29 is 9.59 Å². The van der Waals surface area contributed by atoms with Gasteiger partial charge in [-0.3, -0.25) is 9.36 Å². The number of likely N-dealkylation sites (tertiary alicyclic amines) is 1. The van der Waals surface area contributed by atoms with Crippen molar-refractivity contribution in [1.29, 1.82) is 0 Å². The van der Waals surface area contributed by atoms with Crippen molar-refractivity contribution in [2.75, 3.05) is 27.2 Å². The Bertz CT molecular complexity index is 785. The first-order valence-corrected chi connectivity index (χ1v) is 9.09. The van der Waals surface area contributed by atoms with Crippen molar-refractivity contribution in [3.8, 4) is 5.69 Å². The van der Waals surface area contributed by atoms with E-state index in [1.807, 2.05) is 29.2 Å². The van der Waals surface area contributed by atoms with Crippen LogP contribution in [0.5, 0.6) is 0 Å². The van der Waals surface area contributed by atoms with Crippen molar-refractivity contribution in [2.24, 2.45) is 11.8 Å². The van der Waals surface area contributed by atoms with Crippen LogP contribution in [0.15, 0.2) is 36.9 Å². The topological polar surface area (TPSA) is 83.4 Å². The Morgan fingerprint density at radius 3 is 2.30 bits per heavy atom. The molecule has 27 heavy (non-hydrogen) atoms. The molecule has 1 aliphatic rings. The molecule has 3 rings (SSSR count). The lowest BCUT2D eigenvalue weighted by Gasteiger charge is -2.24. The maximum Gasteiger partial charge on any atom is 0.317 e. The largest absolute Gasteiger partial charge is 0.336 e. The minimum absolute atomic E-state index is 0.0161. The van der Waals surface area contributed by atoms with Gasteiger partial charge in [0.2, 0.25) is 0 Å². The van der Waals surface area contributed by atoms with Gasteiger partial charge in [-0.15, -0.1) is 10.2 Å². The number of rotatable bonds is 4.